The van der Waals surface area contributed by atoms with Crippen molar-refractivity contribution in [3.8, 4) is 0 Å². The molecule has 15 heavy (non-hydrogen) atoms. The van der Waals surface area contributed by atoms with E-state index in [2.05, 4.69) is 39.7 Å². The Labute approximate surface area is 88.6 Å². The third-order valence-corrected chi connectivity index (χ3v) is 3.09. The van der Waals surface area contributed by atoms with Gasteiger partial charge in [0.15, 0.2) is 5.65 Å². The van der Waals surface area contributed by atoms with Crippen LogP contribution in [0.5, 0.6) is 0 Å². The van der Waals surface area contributed by atoms with E-state index in [4.69, 9.17) is 0 Å². The monoisotopic (exact) mass is 202 g/mol. The Morgan fingerprint density at radius 3 is 2.87 bits per heavy atom. The van der Waals surface area contributed by atoms with Crippen molar-refractivity contribution < 1.29 is 0 Å². The minimum absolute atomic E-state index is 0.578. The molecule has 0 N–H and O–H groups in total. The van der Waals surface area contributed by atoms with Crippen LogP contribution < -0.4 is 0 Å². The molecule has 0 saturated heterocycles. The van der Waals surface area contributed by atoms with Crippen LogP contribution in [0, 0.1) is 0 Å². The van der Waals surface area contributed by atoms with E-state index in [0.717, 1.165) is 11.2 Å². The zero-order valence-electron chi connectivity index (χ0n) is 8.96. The Morgan fingerprint density at radius 2 is 2.13 bits per heavy atom. The zero-order valence-corrected chi connectivity index (χ0v) is 8.96. The van der Waals surface area contributed by atoms with E-state index in [9.17, 15) is 0 Å². The quantitative estimate of drug-likeness (QED) is 0.736. The molecule has 0 aromatic carbocycles. The zero-order chi connectivity index (χ0) is 10.4. The summed E-state index contributed by atoms with van der Waals surface area (Å²) in [6, 6.07) is 3.27. The van der Waals surface area contributed by atoms with E-state index in [0.29, 0.717) is 12.1 Å². The maximum absolute atomic E-state index is 4.38. The first-order valence-electron chi connectivity index (χ1n) is 5.21. The average molecular weight is 202 g/mol. The second-order valence-electron chi connectivity index (χ2n) is 4.32. The van der Waals surface area contributed by atoms with Crippen molar-refractivity contribution in [3.63, 3.8) is 0 Å². The highest BCUT2D eigenvalue weighted by Gasteiger charge is 2.40. The van der Waals surface area contributed by atoms with E-state index >= 15 is 0 Å². The van der Waals surface area contributed by atoms with Crippen LogP contribution in [0.2, 0.25) is 0 Å². The normalized spacial score (nSPS) is 25.0. The van der Waals surface area contributed by atoms with Crippen molar-refractivity contribution in [1.82, 2.24) is 19.4 Å². The van der Waals surface area contributed by atoms with Gasteiger partial charge < -0.3 is 9.47 Å². The van der Waals surface area contributed by atoms with Gasteiger partial charge >= 0.3 is 0 Å². The summed E-state index contributed by atoms with van der Waals surface area (Å²) in [5.41, 5.74) is 1.99. The second-order valence-corrected chi connectivity index (χ2v) is 4.32. The molecule has 0 radical (unpaired) electrons. The van der Waals surface area contributed by atoms with Crippen molar-refractivity contribution in [2.45, 2.75) is 18.5 Å². The highest BCUT2D eigenvalue weighted by atomic mass is 15.2. The topological polar surface area (TPSA) is 34.0 Å². The molecule has 0 amide bonds. The van der Waals surface area contributed by atoms with E-state index in [1.807, 2.05) is 6.07 Å². The first-order chi connectivity index (χ1) is 7.27. The van der Waals surface area contributed by atoms with Gasteiger partial charge in [-0.1, -0.05) is 0 Å². The average Bonchev–Trinajstić information content (AvgIpc) is 2.92. The van der Waals surface area contributed by atoms with E-state index < -0.39 is 0 Å². The predicted octanol–water partition coefficient (Wildman–Crippen LogP) is 1.31. The van der Waals surface area contributed by atoms with Crippen molar-refractivity contribution in [2.75, 3.05) is 14.1 Å². The van der Waals surface area contributed by atoms with Crippen LogP contribution >= 0.6 is 0 Å². The minimum Gasteiger partial charge on any atom is -0.326 e. The predicted molar refractivity (Wildman–Crippen MR) is 58.7 cm³/mol. The van der Waals surface area contributed by atoms with E-state index in [1.165, 1.54) is 6.42 Å². The van der Waals surface area contributed by atoms with Gasteiger partial charge in [-0.2, -0.15) is 0 Å². The number of rotatable bonds is 2. The number of hydrogen-bond donors (Lipinski definition) is 0. The summed E-state index contributed by atoms with van der Waals surface area (Å²) in [6.45, 7) is 0. The Morgan fingerprint density at radius 1 is 1.33 bits per heavy atom. The molecule has 0 bridgehead atoms. The van der Waals surface area contributed by atoms with Gasteiger partial charge in [-0.25, -0.2) is 4.98 Å². The third kappa shape index (κ3) is 1.33. The summed E-state index contributed by atoms with van der Waals surface area (Å²) >= 11 is 0. The molecular weight excluding hydrogens is 188 g/mol. The lowest BCUT2D eigenvalue weighted by Crippen LogP contribution is -2.17. The summed E-state index contributed by atoms with van der Waals surface area (Å²) in [5, 5.41) is 0. The molecule has 3 rings (SSSR count). The summed E-state index contributed by atoms with van der Waals surface area (Å²) in [7, 11) is 4.25. The molecule has 0 spiro atoms. The first-order valence-corrected chi connectivity index (χ1v) is 5.21. The lowest BCUT2D eigenvalue weighted by atomic mass is 10.5. The van der Waals surface area contributed by atoms with Crippen molar-refractivity contribution in [2.24, 2.45) is 0 Å². The fraction of sp³-hybridized carbons (Fsp3) is 0.455. The van der Waals surface area contributed by atoms with Gasteiger partial charge in [-0.05, 0) is 26.6 Å². The Hall–Kier alpha value is -1.42. The number of nitrogens with zero attached hydrogens (tertiary/aromatic N) is 4. The third-order valence-electron chi connectivity index (χ3n) is 3.09. The Kier molecular flexibility index (Phi) is 1.79. The van der Waals surface area contributed by atoms with Gasteiger partial charge in [-0.15, -0.1) is 0 Å². The van der Waals surface area contributed by atoms with Crippen LogP contribution in [0.4, 0.5) is 0 Å². The number of fused-ring (bicyclic) bond motifs is 1. The van der Waals surface area contributed by atoms with Crippen molar-refractivity contribution in [3.05, 3.63) is 24.7 Å². The largest absolute Gasteiger partial charge is 0.326 e. The molecule has 2 aromatic rings. The van der Waals surface area contributed by atoms with Gasteiger partial charge in [0.2, 0.25) is 0 Å². The molecule has 1 aliphatic rings. The smallest absolute Gasteiger partial charge is 0.158 e. The van der Waals surface area contributed by atoms with Crippen molar-refractivity contribution >= 4 is 11.2 Å². The molecule has 1 aliphatic carbocycles. The summed E-state index contributed by atoms with van der Waals surface area (Å²) in [5.74, 6) is 0. The molecule has 4 heteroatoms. The molecule has 4 nitrogen and oxygen atoms in total. The van der Waals surface area contributed by atoms with Gasteiger partial charge in [0.25, 0.3) is 0 Å². The Balaban J connectivity index is 2.00. The van der Waals surface area contributed by atoms with Gasteiger partial charge in [-0.3, -0.25) is 4.98 Å². The highest BCUT2D eigenvalue weighted by molar-refractivity contribution is 5.71. The van der Waals surface area contributed by atoms with E-state index in [1.54, 1.807) is 12.4 Å². The van der Waals surface area contributed by atoms with Gasteiger partial charge in [0, 0.05) is 24.6 Å². The second kappa shape index (κ2) is 3.03. The molecule has 78 valence electrons. The molecule has 2 atom stereocenters. The van der Waals surface area contributed by atoms with Crippen LogP contribution in [-0.4, -0.2) is 39.6 Å². The fourth-order valence-corrected chi connectivity index (χ4v) is 2.17. The standard InChI is InChI=1S/C11H14N4/c1-14(2)9-7-10(9)15-6-3-8-11(15)13-5-4-12-8/h3-6,9-10H,7H2,1-2H3. The summed E-state index contributed by atoms with van der Waals surface area (Å²) < 4.78 is 2.24. The highest BCUT2D eigenvalue weighted by Crippen LogP contribution is 2.40. The molecular formula is C11H14N4. The number of hydrogen-bond acceptors (Lipinski definition) is 3. The fourth-order valence-electron chi connectivity index (χ4n) is 2.17. The molecule has 1 fully saturated rings. The number of aromatic nitrogens is 3. The van der Waals surface area contributed by atoms with Crippen LogP contribution in [0.25, 0.3) is 11.2 Å². The molecule has 1 saturated carbocycles. The van der Waals surface area contributed by atoms with E-state index in [-0.39, 0.29) is 0 Å². The van der Waals surface area contributed by atoms with Crippen LogP contribution in [0.1, 0.15) is 12.5 Å². The van der Waals surface area contributed by atoms with Gasteiger partial charge in [0.1, 0.15) is 5.52 Å². The lowest BCUT2D eigenvalue weighted by molar-refractivity contribution is 0.377. The first kappa shape index (κ1) is 8.85. The minimum atomic E-state index is 0.578. The molecule has 2 heterocycles. The van der Waals surface area contributed by atoms with Crippen molar-refractivity contribution in [1.29, 1.82) is 0 Å². The summed E-state index contributed by atoms with van der Waals surface area (Å²) in [6.07, 6.45) is 6.81. The van der Waals surface area contributed by atoms with Crippen LogP contribution in [-0.2, 0) is 0 Å². The van der Waals surface area contributed by atoms with Crippen LogP contribution in [0.3, 0.4) is 0 Å². The maximum atomic E-state index is 4.38. The van der Waals surface area contributed by atoms with Gasteiger partial charge in [0.05, 0.1) is 6.04 Å². The summed E-state index contributed by atoms with van der Waals surface area (Å²) in [4.78, 5) is 10.9. The molecule has 0 aliphatic heterocycles. The lowest BCUT2D eigenvalue weighted by Gasteiger charge is -2.09. The number of likely N-dealkylation sites (N-methyl/N-ethyl adjacent to an activating group) is 1. The SMILES string of the molecule is CN(C)C1CC1n1ccc2nccnc21. The maximum Gasteiger partial charge on any atom is 0.158 e. The molecule has 2 aromatic heterocycles. The molecule has 2 unspecified atom stereocenters. The Bertz CT molecular complexity index is 488. The van der Waals surface area contributed by atoms with Crippen LogP contribution in [0.15, 0.2) is 24.7 Å².